The Labute approximate surface area is 216 Å². The van der Waals surface area contributed by atoms with Crippen molar-refractivity contribution in [1.82, 2.24) is 5.01 Å². The number of imide groups is 1. The van der Waals surface area contributed by atoms with Gasteiger partial charge in [0.15, 0.2) is 0 Å². The minimum Gasteiger partial charge on any atom is -0.465 e. The summed E-state index contributed by atoms with van der Waals surface area (Å²) < 4.78 is 85.5. The molecule has 1 atom stereocenters. The summed E-state index contributed by atoms with van der Waals surface area (Å²) in [6.07, 6.45) is -9.63. The summed E-state index contributed by atoms with van der Waals surface area (Å²) in [6, 6.07) is 5.31. The van der Waals surface area contributed by atoms with E-state index in [1.54, 1.807) is 0 Å². The number of esters is 1. The third-order valence-electron chi connectivity index (χ3n) is 5.36. The molecule has 204 valence electrons. The van der Waals surface area contributed by atoms with Gasteiger partial charge in [-0.25, -0.2) is 14.7 Å². The molecule has 38 heavy (non-hydrogen) atoms. The molecule has 0 saturated heterocycles. The summed E-state index contributed by atoms with van der Waals surface area (Å²) in [6.45, 7) is 2.33. The second kappa shape index (κ2) is 10.5. The van der Waals surface area contributed by atoms with E-state index in [1.807, 2.05) is 0 Å². The fourth-order valence-electron chi connectivity index (χ4n) is 3.62. The number of carbonyl (C=O) groups excluding carboxylic acids is 3. The summed E-state index contributed by atoms with van der Waals surface area (Å²) in [5.41, 5.74) is -3.12. The van der Waals surface area contributed by atoms with Gasteiger partial charge in [0, 0.05) is 5.56 Å². The third-order valence-corrected chi connectivity index (χ3v) is 5.68. The average Bonchev–Trinajstić information content (AvgIpc) is 3.17. The zero-order chi connectivity index (χ0) is 28.5. The van der Waals surface area contributed by atoms with E-state index in [9.17, 15) is 40.7 Å². The number of alkyl halides is 6. The maximum absolute atomic E-state index is 13.2. The van der Waals surface area contributed by atoms with Crippen LogP contribution in [0.2, 0.25) is 5.02 Å². The molecule has 2 aromatic carbocycles. The highest BCUT2D eigenvalue weighted by Gasteiger charge is 2.49. The van der Waals surface area contributed by atoms with Crippen LogP contribution in [-0.2, 0) is 20.5 Å². The standard InChI is InChI=1S/C23H18ClF6N3O5/c1-3-37-19(35)21(2)11-33(31-18(21)13-4-9-16(17(24)10-13)22(25,26)27)20(36)32(12-34)14-5-7-15(8-6-14)38-23(28,29)30/h4-10,12H,3,11H2,1-2H3. The van der Waals surface area contributed by atoms with Gasteiger partial charge in [-0.2, -0.15) is 18.3 Å². The molecule has 0 aliphatic carbocycles. The highest BCUT2D eigenvalue weighted by molar-refractivity contribution is 6.32. The molecule has 8 nitrogen and oxygen atoms in total. The van der Waals surface area contributed by atoms with Crippen LogP contribution in [0.15, 0.2) is 47.6 Å². The van der Waals surface area contributed by atoms with Crippen LogP contribution in [0.4, 0.5) is 36.8 Å². The first-order valence-electron chi connectivity index (χ1n) is 10.7. The van der Waals surface area contributed by atoms with Gasteiger partial charge in [-0.3, -0.25) is 9.59 Å². The Morgan fingerprint density at radius 3 is 2.26 bits per heavy atom. The number of hydrogen-bond donors (Lipinski definition) is 0. The number of nitrogens with zero attached hydrogens (tertiary/aromatic N) is 3. The molecule has 1 unspecified atom stereocenters. The fraction of sp³-hybridized carbons (Fsp3) is 0.304. The largest absolute Gasteiger partial charge is 0.573 e. The zero-order valence-corrected chi connectivity index (χ0v) is 20.3. The van der Waals surface area contributed by atoms with E-state index in [2.05, 4.69) is 9.84 Å². The SMILES string of the molecule is CCOC(=O)C1(C)CN(C(=O)N(C=O)c2ccc(OC(F)(F)F)cc2)N=C1c1ccc(C(F)(F)F)c(Cl)c1. The van der Waals surface area contributed by atoms with Gasteiger partial charge in [0.05, 0.1) is 35.1 Å². The van der Waals surface area contributed by atoms with Crippen LogP contribution < -0.4 is 9.64 Å². The van der Waals surface area contributed by atoms with E-state index in [4.69, 9.17) is 16.3 Å². The number of urea groups is 1. The fourth-order valence-corrected chi connectivity index (χ4v) is 3.91. The minimum atomic E-state index is -4.96. The van der Waals surface area contributed by atoms with Gasteiger partial charge in [-0.15, -0.1) is 13.2 Å². The number of ether oxygens (including phenoxy) is 2. The molecule has 2 aromatic rings. The first kappa shape index (κ1) is 28.8. The second-order valence-corrected chi connectivity index (χ2v) is 8.46. The first-order valence-corrected chi connectivity index (χ1v) is 11.0. The maximum atomic E-state index is 13.2. The molecular weight excluding hydrogens is 548 g/mol. The lowest BCUT2D eigenvalue weighted by atomic mass is 9.82. The molecule has 0 fully saturated rings. The molecule has 0 radical (unpaired) electrons. The number of anilines is 1. The van der Waals surface area contributed by atoms with Gasteiger partial charge in [0.25, 0.3) is 0 Å². The monoisotopic (exact) mass is 565 g/mol. The Balaban J connectivity index is 1.99. The van der Waals surface area contributed by atoms with Crippen molar-refractivity contribution in [2.75, 3.05) is 18.1 Å². The number of carbonyl (C=O) groups is 3. The minimum absolute atomic E-state index is 0.0137. The second-order valence-electron chi connectivity index (χ2n) is 8.05. The van der Waals surface area contributed by atoms with E-state index in [-0.39, 0.29) is 30.0 Å². The summed E-state index contributed by atoms with van der Waals surface area (Å²) in [7, 11) is 0. The smallest absolute Gasteiger partial charge is 0.465 e. The number of amides is 3. The van der Waals surface area contributed by atoms with Crippen molar-refractivity contribution in [1.29, 1.82) is 0 Å². The molecule has 1 aliphatic rings. The third kappa shape index (κ3) is 6.01. The van der Waals surface area contributed by atoms with Crippen molar-refractivity contribution >= 4 is 41.4 Å². The van der Waals surface area contributed by atoms with E-state index >= 15 is 0 Å². The number of benzene rings is 2. The highest BCUT2D eigenvalue weighted by atomic mass is 35.5. The topological polar surface area (TPSA) is 88.5 Å². The van der Waals surface area contributed by atoms with Crippen LogP contribution in [-0.4, -0.2) is 48.6 Å². The van der Waals surface area contributed by atoms with Crippen molar-refractivity contribution in [3.8, 4) is 5.75 Å². The molecule has 3 rings (SSSR count). The summed E-state index contributed by atoms with van der Waals surface area (Å²) in [4.78, 5) is 38.3. The van der Waals surface area contributed by atoms with Gasteiger partial charge < -0.3 is 9.47 Å². The quantitative estimate of drug-likeness (QED) is 0.257. The van der Waals surface area contributed by atoms with E-state index in [0.717, 1.165) is 36.4 Å². The molecule has 0 spiro atoms. The normalized spacial score (nSPS) is 17.6. The molecule has 0 N–H and O–H groups in total. The van der Waals surface area contributed by atoms with Crippen molar-refractivity contribution in [2.24, 2.45) is 10.5 Å². The van der Waals surface area contributed by atoms with Crippen LogP contribution >= 0.6 is 11.6 Å². The van der Waals surface area contributed by atoms with Crippen LogP contribution in [0.25, 0.3) is 0 Å². The first-order chi connectivity index (χ1) is 17.6. The number of halogens is 7. The van der Waals surface area contributed by atoms with Crippen molar-refractivity contribution < 1.29 is 50.2 Å². The van der Waals surface area contributed by atoms with Crippen LogP contribution in [0.3, 0.4) is 0 Å². The van der Waals surface area contributed by atoms with Crippen LogP contribution in [0.1, 0.15) is 25.0 Å². The Hall–Kier alpha value is -3.81. The lowest BCUT2D eigenvalue weighted by Gasteiger charge is -2.25. The van der Waals surface area contributed by atoms with Crippen molar-refractivity contribution in [3.05, 3.63) is 58.6 Å². The summed E-state index contributed by atoms with van der Waals surface area (Å²) in [5.74, 6) is -1.45. The predicted octanol–water partition coefficient (Wildman–Crippen LogP) is 5.63. The molecule has 0 aromatic heterocycles. The molecule has 0 bridgehead atoms. The van der Waals surface area contributed by atoms with Gasteiger partial charge in [0.1, 0.15) is 11.2 Å². The highest BCUT2D eigenvalue weighted by Crippen LogP contribution is 2.38. The Morgan fingerprint density at radius 1 is 1.13 bits per heavy atom. The average molecular weight is 566 g/mol. The van der Waals surface area contributed by atoms with E-state index in [0.29, 0.717) is 16.0 Å². The molecule has 1 heterocycles. The van der Waals surface area contributed by atoms with Gasteiger partial charge in [-0.05, 0) is 50.2 Å². The van der Waals surface area contributed by atoms with E-state index in [1.165, 1.54) is 13.8 Å². The zero-order valence-electron chi connectivity index (χ0n) is 19.6. The van der Waals surface area contributed by atoms with Gasteiger partial charge >= 0.3 is 24.5 Å². The predicted molar refractivity (Wildman–Crippen MR) is 122 cm³/mol. The van der Waals surface area contributed by atoms with Crippen molar-refractivity contribution in [3.63, 3.8) is 0 Å². The Morgan fingerprint density at radius 2 is 1.76 bits per heavy atom. The maximum Gasteiger partial charge on any atom is 0.573 e. The number of rotatable bonds is 6. The van der Waals surface area contributed by atoms with Crippen LogP contribution in [0.5, 0.6) is 5.75 Å². The molecule has 15 heteroatoms. The van der Waals surface area contributed by atoms with E-state index < -0.39 is 52.8 Å². The molecule has 0 saturated carbocycles. The summed E-state index contributed by atoms with van der Waals surface area (Å²) in [5, 5.41) is 4.13. The molecule has 1 aliphatic heterocycles. The van der Waals surface area contributed by atoms with Crippen LogP contribution in [0, 0.1) is 5.41 Å². The van der Waals surface area contributed by atoms with Gasteiger partial charge in [0.2, 0.25) is 6.41 Å². The molecular formula is C23H18ClF6N3O5. The lowest BCUT2D eigenvalue weighted by molar-refractivity contribution is -0.274. The van der Waals surface area contributed by atoms with Gasteiger partial charge in [-0.1, -0.05) is 17.7 Å². The number of hydrazone groups is 1. The Bertz CT molecular complexity index is 1270. The molecule has 3 amide bonds. The number of hydrogen-bond acceptors (Lipinski definition) is 6. The summed E-state index contributed by atoms with van der Waals surface area (Å²) >= 11 is 5.82. The Kier molecular flexibility index (Phi) is 7.96. The van der Waals surface area contributed by atoms with Crippen molar-refractivity contribution in [2.45, 2.75) is 26.4 Å². The lowest BCUT2D eigenvalue weighted by Crippen LogP contribution is -2.45.